The van der Waals surface area contributed by atoms with E-state index >= 15 is 0 Å². The summed E-state index contributed by atoms with van der Waals surface area (Å²) < 4.78 is 13.1. The first-order valence-corrected chi connectivity index (χ1v) is 7.84. The number of hydrogen-bond acceptors (Lipinski definition) is 3. The third-order valence-electron chi connectivity index (χ3n) is 3.51. The second-order valence-electron chi connectivity index (χ2n) is 5.23. The fourth-order valence-electron chi connectivity index (χ4n) is 2.34. The zero-order chi connectivity index (χ0) is 16.9. The van der Waals surface area contributed by atoms with Gasteiger partial charge < -0.3 is 10.6 Å². The molecule has 0 unspecified atom stereocenters. The number of hydrogen-bond donors (Lipinski definition) is 2. The smallest absolute Gasteiger partial charge is 0.226 e. The molecule has 1 aromatic heterocycles. The summed E-state index contributed by atoms with van der Waals surface area (Å²) in [6.45, 7) is 0.409. The van der Waals surface area contributed by atoms with Gasteiger partial charge in [-0.3, -0.25) is 9.78 Å². The first-order valence-electron chi connectivity index (χ1n) is 7.46. The number of fused-ring (bicyclic) bond motifs is 1. The van der Waals surface area contributed by atoms with E-state index in [9.17, 15) is 9.18 Å². The van der Waals surface area contributed by atoms with Crippen LogP contribution in [0.5, 0.6) is 0 Å². The molecule has 4 nitrogen and oxygen atoms in total. The Hall–Kier alpha value is -2.66. The fourth-order valence-corrected chi connectivity index (χ4v) is 2.52. The number of pyridine rings is 1. The molecular weight excluding hydrogens is 329 g/mol. The highest BCUT2D eigenvalue weighted by Gasteiger charge is 2.07. The van der Waals surface area contributed by atoms with E-state index in [-0.39, 0.29) is 17.4 Å². The van der Waals surface area contributed by atoms with Crippen molar-refractivity contribution < 1.29 is 9.18 Å². The number of carbonyl (C=O) groups excluding carboxylic acids is 1. The molecule has 122 valence electrons. The Labute approximate surface area is 143 Å². The Morgan fingerprint density at radius 2 is 2.00 bits per heavy atom. The zero-order valence-corrected chi connectivity index (χ0v) is 13.5. The third-order valence-corrected chi connectivity index (χ3v) is 3.80. The van der Waals surface area contributed by atoms with E-state index in [1.807, 2.05) is 30.3 Å². The zero-order valence-electron chi connectivity index (χ0n) is 12.7. The van der Waals surface area contributed by atoms with Gasteiger partial charge in [-0.25, -0.2) is 4.39 Å². The average Bonchev–Trinajstić information content (AvgIpc) is 2.58. The van der Waals surface area contributed by atoms with Crippen molar-refractivity contribution in [3.63, 3.8) is 0 Å². The van der Waals surface area contributed by atoms with Crippen molar-refractivity contribution in [2.24, 2.45) is 0 Å². The van der Waals surface area contributed by atoms with Gasteiger partial charge in [0.15, 0.2) is 0 Å². The number of para-hydroxylation sites is 1. The number of amides is 1. The molecule has 0 aliphatic heterocycles. The minimum absolute atomic E-state index is 0.0475. The van der Waals surface area contributed by atoms with E-state index in [2.05, 4.69) is 15.6 Å². The maximum atomic E-state index is 13.1. The number of nitrogens with one attached hydrogen (secondary N) is 2. The predicted octanol–water partition coefficient (Wildman–Crippen LogP) is 4.47. The summed E-state index contributed by atoms with van der Waals surface area (Å²) >= 11 is 5.72. The van der Waals surface area contributed by atoms with Gasteiger partial charge in [0.05, 0.1) is 16.2 Å². The SMILES string of the molecule is O=C(CCNc1ccc(F)c(Cl)c1)Nc1cccc2cccnc12. The molecule has 0 atom stereocenters. The van der Waals surface area contributed by atoms with Gasteiger partial charge in [0.2, 0.25) is 5.91 Å². The van der Waals surface area contributed by atoms with E-state index in [4.69, 9.17) is 11.6 Å². The van der Waals surface area contributed by atoms with Crippen molar-refractivity contribution in [1.29, 1.82) is 0 Å². The van der Waals surface area contributed by atoms with Crippen molar-refractivity contribution >= 4 is 39.8 Å². The number of rotatable bonds is 5. The van der Waals surface area contributed by atoms with Gasteiger partial charge in [0, 0.05) is 30.2 Å². The highest BCUT2D eigenvalue weighted by molar-refractivity contribution is 6.31. The van der Waals surface area contributed by atoms with Crippen LogP contribution in [0.25, 0.3) is 10.9 Å². The molecule has 24 heavy (non-hydrogen) atoms. The van der Waals surface area contributed by atoms with Gasteiger partial charge in [-0.1, -0.05) is 29.8 Å². The first-order chi connectivity index (χ1) is 11.6. The molecule has 2 aromatic carbocycles. The summed E-state index contributed by atoms with van der Waals surface area (Å²) in [4.78, 5) is 16.4. The quantitative estimate of drug-likeness (QED) is 0.718. The molecule has 0 spiro atoms. The second-order valence-corrected chi connectivity index (χ2v) is 5.64. The largest absolute Gasteiger partial charge is 0.384 e. The van der Waals surface area contributed by atoms with E-state index in [1.54, 1.807) is 12.3 Å². The number of nitrogens with zero attached hydrogens (tertiary/aromatic N) is 1. The van der Waals surface area contributed by atoms with Crippen LogP contribution in [0.15, 0.2) is 54.7 Å². The monoisotopic (exact) mass is 343 g/mol. The lowest BCUT2D eigenvalue weighted by molar-refractivity contribution is -0.115. The van der Waals surface area contributed by atoms with Crippen molar-refractivity contribution in [3.05, 3.63) is 65.6 Å². The van der Waals surface area contributed by atoms with Gasteiger partial charge in [0.25, 0.3) is 0 Å². The number of aromatic nitrogens is 1. The van der Waals surface area contributed by atoms with Gasteiger partial charge in [-0.05, 0) is 30.3 Å². The highest BCUT2D eigenvalue weighted by Crippen LogP contribution is 2.21. The molecule has 0 saturated carbocycles. The molecule has 3 rings (SSSR count). The van der Waals surface area contributed by atoms with E-state index in [0.29, 0.717) is 17.9 Å². The summed E-state index contributed by atoms with van der Waals surface area (Å²) in [6.07, 6.45) is 1.95. The lowest BCUT2D eigenvalue weighted by Gasteiger charge is -2.09. The van der Waals surface area contributed by atoms with Gasteiger partial charge >= 0.3 is 0 Å². The minimum atomic E-state index is -0.469. The van der Waals surface area contributed by atoms with Crippen LogP contribution in [0.1, 0.15) is 6.42 Å². The number of halogens is 2. The Morgan fingerprint density at radius 1 is 1.17 bits per heavy atom. The molecule has 0 bridgehead atoms. The van der Waals surface area contributed by atoms with Crippen LogP contribution in [-0.4, -0.2) is 17.4 Å². The maximum Gasteiger partial charge on any atom is 0.226 e. The Kier molecular flexibility index (Phi) is 4.91. The molecule has 2 N–H and O–H groups in total. The van der Waals surface area contributed by atoms with Gasteiger partial charge in [-0.2, -0.15) is 0 Å². The average molecular weight is 344 g/mol. The molecule has 1 amide bonds. The number of benzene rings is 2. The Balaban J connectivity index is 1.58. The molecule has 0 saturated heterocycles. The van der Waals surface area contributed by atoms with Crippen molar-refractivity contribution in [1.82, 2.24) is 4.98 Å². The molecule has 1 heterocycles. The lowest BCUT2D eigenvalue weighted by Crippen LogP contribution is -2.16. The predicted molar refractivity (Wildman–Crippen MR) is 94.9 cm³/mol. The summed E-state index contributed by atoms with van der Waals surface area (Å²) in [6, 6.07) is 13.8. The number of carbonyl (C=O) groups is 1. The molecule has 0 aliphatic rings. The van der Waals surface area contributed by atoms with E-state index in [1.165, 1.54) is 12.1 Å². The van der Waals surface area contributed by atoms with Crippen LogP contribution < -0.4 is 10.6 Å². The summed E-state index contributed by atoms with van der Waals surface area (Å²) in [5.41, 5.74) is 2.11. The van der Waals surface area contributed by atoms with E-state index < -0.39 is 5.82 Å². The summed E-state index contributed by atoms with van der Waals surface area (Å²) in [7, 11) is 0. The summed E-state index contributed by atoms with van der Waals surface area (Å²) in [5.74, 6) is -0.600. The normalized spacial score (nSPS) is 10.6. The Bertz CT molecular complexity index is 880. The Morgan fingerprint density at radius 3 is 2.83 bits per heavy atom. The van der Waals surface area contributed by atoms with Crippen LogP contribution in [0.4, 0.5) is 15.8 Å². The van der Waals surface area contributed by atoms with Crippen molar-refractivity contribution in [2.75, 3.05) is 17.2 Å². The van der Waals surface area contributed by atoms with Crippen LogP contribution in [-0.2, 0) is 4.79 Å². The maximum absolute atomic E-state index is 13.1. The molecule has 0 fully saturated rings. The number of anilines is 2. The van der Waals surface area contributed by atoms with Crippen molar-refractivity contribution in [2.45, 2.75) is 6.42 Å². The molecular formula is C18H15ClFN3O. The van der Waals surface area contributed by atoms with Crippen LogP contribution in [0.2, 0.25) is 5.02 Å². The molecule has 6 heteroatoms. The fraction of sp³-hybridized carbons (Fsp3) is 0.111. The van der Waals surface area contributed by atoms with Gasteiger partial charge in [0.1, 0.15) is 5.82 Å². The van der Waals surface area contributed by atoms with Crippen molar-refractivity contribution in [3.8, 4) is 0 Å². The molecule has 0 aliphatic carbocycles. The van der Waals surface area contributed by atoms with Crippen LogP contribution in [0.3, 0.4) is 0 Å². The van der Waals surface area contributed by atoms with Crippen LogP contribution >= 0.6 is 11.6 Å². The van der Waals surface area contributed by atoms with Crippen LogP contribution in [0, 0.1) is 5.82 Å². The minimum Gasteiger partial charge on any atom is -0.384 e. The summed E-state index contributed by atoms with van der Waals surface area (Å²) in [5, 5.41) is 6.92. The topological polar surface area (TPSA) is 54.0 Å². The van der Waals surface area contributed by atoms with E-state index in [0.717, 1.165) is 10.9 Å². The second kappa shape index (κ2) is 7.27. The third kappa shape index (κ3) is 3.81. The molecule has 0 radical (unpaired) electrons. The first kappa shape index (κ1) is 16.2. The standard InChI is InChI=1S/C18H15ClFN3O/c19-14-11-13(6-7-15(14)20)21-10-8-17(24)23-16-5-1-3-12-4-2-9-22-18(12)16/h1-7,9,11,21H,8,10H2,(H,23,24). The highest BCUT2D eigenvalue weighted by atomic mass is 35.5. The lowest BCUT2D eigenvalue weighted by atomic mass is 10.2. The molecule has 3 aromatic rings. The van der Waals surface area contributed by atoms with Gasteiger partial charge in [-0.15, -0.1) is 0 Å².